The molecule has 102 valence electrons. The van der Waals surface area contributed by atoms with Gasteiger partial charge in [0, 0.05) is 13.1 Å². The van der Waals surface area contributed by atoms with E-state index < -0.39 is 0 Å². The van der Waals surface area contributed by atoms with Gasteiger partial charge in [0.1, 0.15) is 5.82 Å². The van der Waals surface area contributed by atoms with Gasteiger partial charge in [0.15, 0.2) is 0 Å². The van der Waals surface area contributed by atoms with E-state index in [0.717, 1.165) is 30.8 Å². The van der Waals surface area contributed by atoms with Crippen LogP contribution in [0, 0.1) is 18.2 Å². The van der Waals surface area contributed by atoms with Crippen molar-refractivity contribution in [1.82, 2.24) is 4.90 Å². The van der Waals surface area contributed by atoms with Gasteiger partial charge < -0.3 is 5.73 Å². The van der Waals surface area contributed by atoms with Crippen molar-refractivity contribution in [1.29, 1.82) is 0 Å². The van der Waals surface area contributed by atoms with Crippen LogP contribution in [0.1, 0.15) is 31.9 Å². The van der Waals surface area contributed by atoms with E-state index in [1.807, 2.05) is 13.0 Å². The van der Waals surface area contributed by atoms with Crippen molar-refractivity contribution >= 4 is 0 Å². The molecule has 1 aromatic carbocycles. The van der Waals surface area contributed by atoms with Gasteiger partial charge in [0.2, 0.25) is 0 Å². The fourth-order valence-corrected chi connectivity index (χ4v) is 2.00. The lowest BCUT2D eigenvalue weighted by molar-refractivity contribution is 0.183. The number of halogens is 1. The lowest BCUT2D eigenvalue weighted by atomic mass is 9.92. The summed E-state index contributed by atoms with van der Waals surface area (Å²) in [6.07, 6.45) is 0. The molecule has 3 heteroatoms. The van der Waals surface area contributed by atoms with Gasteiger partial charge in [-0.3, -0.25) is 4.90 Å². The summed E-state index contributed by atoms with van der Waals surface area (Å²) in [5, 5.41) is 0. The molecule has 0 aliphatic carbocycles. The van der Waals surface area contributed by atoms with Crippen molar-refractivity contribution in [2.75, 3.05) is 19.6 Å². The van der Waals surface area contributed by atoms with E-state index in [1.54, 1.807) is 6.07 Å². The monoisotopic (exact) mass is 252 g/mol. The Labute approximate surface area is 110 Å². The van der Waals surface area contributed by atoms with Gasteiger partial charge in [-0.1, -0.05) is 26.8 Å². The molecule has 2 N–H and O–H groups in total. The normalized spacial score (nSPS) is 12.2. The zero-order chi connectivity index (χ0) is 13.8. The third kappa shape index (κ3) is 4.39. The zero-order valence-electron chi connectivity index (χ0n) is 12.0. The summed E-state index contributed by atoms with van der Waals surface area (Å²) in [5.41, 5.74) is 8.06. The van der Waals surface area contributed by atoms with Crippen molar-refractivity contribution in [3.63, 3.8) is 0 Å². The zero-order valence-corrected chi connectivity index (χ0v) is 12.0. The standard InChI is InChI=1S/C15H25FN2/c1-5-18(11-15(3,4)10-17)9-13-8-14(16)7-6-12(13)2/h6-8H,5,9-11,17H2,1-4H3. The lowest BCUT2D eigenvalue weighted by Gasteiger charge is -2.31. The molecule has 0 radical (unpaired) electrons. The van der Waals surface area contributed by atoms with Gasteiger partial charge in [-0.15, -0.1) is 0 Å². The van der Waals surface area contributed by atoms with E-state index in [-0.39, 0.29) is 11.2 Å². The molecule has 0 amide bonds. The Kier molecular flexibility index (Phi) is 5.29. The molecular weight excluding hydrogens is 227 g/mol. The quantitative estimate of drug-likeness (QED) is 0.843. The fraction of sp³-hybridized carbons (Fsp3) is 0.600. The maximum absolute atomic E-state index is 13.3. The molecule has 0 unspecified atom stereocenters. The van der Waals surface area contributed by atoms with Crippen LogP contribution in [0.25, 0.3) is 0 Å². The van der Waals surface area contributed by atoms with Crippen LogP contribution in [0.4, 0.5) is 4.39 Å². The van der Waals surface area contributed by atoms with E-state index in [1.165, 1.54) is 6.07 Å². The molecule has 0 aliphatic rings. The first-order valence-corrected chi connectivity index (χ1v) is 6.55. The minimum absolute atomic E-state index is 0.0945. The first kappa shape index (κ1) is 15.1. The Hall–Kier alpha value is -0.930. The van der Waals surface area contributed by atoms with E-state index in [0.29, 0.717) is 6.54 Å². The first-order valence-electron chi connectivity index (χ1n) is 6.55. The highest BCUT2D eigenvalue weighted by molar-refractivity contribution is 5.26. The van der Waals surface area contributed by atoms with E-state index in [4.69, 9.17) is 5.73 Å². The van der Waals surface area contributed by atoms with Crippen molar-refractivity contribution in [2.45, 2.75) is 34.2 Å². The Morgan fingerprint density at radius 2 is 2.00 bits per heavy atom. The van der Waals surface area contributed by atoms with Gasteiger partial charge in [0.05, 0.1) is 0 Å². The highest BCUT2D eigenvalue weighted by Gasteiger charge is 2.19. The average molecular weight is 252 g/mol. The van der Waals surface area contributed by atoms with E-state index in [9.17, 15) is 4.39 Å². The Balaban J connectivity index is 2.77. The maximum atomic E-state index is 13.3. The first-order chi connectivity index (χ1) is 8.38. The van der Waals surface area contributed by atoms with Crippen molar-refractivity contribution in [2.24, 2.45) is 11.1 Å². The number of benzene rings is 1. The number of rotatable bonds is 6. The average Bonchev–Trinajstić information content (AvgIpc) is 2.32. The van der Waals surface area contributed by atoms with Crippen LogP contribution in [0.2, 0.25) is 0 Å². The van der Waals surface area contributed by atoms with Crippen molar-refractivity contribution < 1.29 is 4.39 Å². The number of hydrogen-bond acceptors (Lipinski definition) is 2. The maximum Gasteiger partial charge on any atom is 0.123 e. The third-order valence-corrected chi connectivity index (χ3v) is 3.36. The SMILES string of the molecule is CCN(Cc1cc(F)ccc1C)CC(C)(C)CN. The van der Waals surface area contributed by atoms with Gasteiger partial charge in [-0.2, -0.15) is 0 Å². The molecule has 0 saturated carbocycles. The molecule has 0 spiro atoms. The number of aryl methyl sites for hydroxylation is 1. The van der Waals surface area contributed by atoms with Crippen molar-refractivity contribution in [3.8, 4) is 0 Å². The molecule has 0 heterocycles. The largest absolute Gasteiger partial charge is 0.330 e. The van der Waals surface area contributed by atoms with Gasteiger partial charge in [0.25, 0.3) is 0 Å². The minimum atomic E-state index is -0.162. The Morgan fingerprint density at radius 3 is 2.56 bits per heavy atom. The molecule has 0 aromatic heterocycles. The summed E-state index contributed by atoms with van der Waals surface area (Å²) in [6.45, 7) is 11.8. The summed E-state index contributed by atoms with van der Waals surface area (Å²) in [4.78, 5) is 2.31. The molecule has 0 fully saturated rings. The fourth-order valence-electron chi connectivity index (χ4n) is 2.00. The second-order valence-corrected chi connectivity index (χ2v) is 5.74. The van der Waals surface area contributed by atoms with Crippen LogP contribution >= 0.6 is 0 Å². The minimum Gasteiger partial charge on any atom is -0.330 e. The summed E-state index contributed by atoms with van der Waals surface area (Å²) in [6, 6.07) is 4.99. The molecule has 0 aliphatic heterocycles. The van der Waals surface area contributed by atoms with E-state index in [2.05, 4.69) is 25.7 Å². The third-order valence-electron chi connectivity index (χ3n) is 3.36. The van der Waals surface area contributed by atoms with Crippen molar-refractivity contribution in [3.05, 3.63) is 35.1 Å². The molecular formula is C15H25FN2. The summed E-state index contributed by atoms with van der Waals surface area (Å²) in [7, 11) is 0. The van der Waals surface area contributed by atoms with Crippen LogP contribution in [-0.4, -0.2) is 24.5 Å². The Bertz CT molecular complexity index is 388. The molecule has 1 rings (SSSR count). The van der Waals surface area contributed by atoms with Gasteiger partial charge in [-0.25, -0.2) is 4.39 Å². The van der Waals surface area contributed by atoms with Gasteiger partial charge in [-0.05, 0) is 48.7 Å². The van der Waals surface area contributed by atoms with Crippen LogP contribution in [-0.2, 0) is 6.54 Å². The molecule has 1 aromatic rings. The van der Waals surface area contributed by atoms with Crippen LogP contribution in [0.5, 0.6) is 0 Å². The summed E-state index contributed by atoms with van der Waals surface area (Å²) >= 11 is 0. The summed E-state index contributed by atoms with van der Waals surface area (Å²) in [5.74, 6) is -0.162. The molecule has 0 bridgehead atoms. The van der Waals surface area contributed by atoms with Gasteiger partial charge >= 0.3 is 0 Å². The molecule has 18 heavy (non-hydrogen) atoms. The highest BCUT2D eigenvalue weighted by Crippen LogP contribution is 2.18. The number of hydrogen-bond donors (Lipinski definition) is 1. The highest BCUT2D eigenvalue weighted by atomic mass is 19.1. The smallest absolute Gasteiger partial charge is 0.123 e. The van der Waals surface area contributed by atoms with Crippen LogP contribution < -0.4 is 5.73 Å². The second kappa shape index (κ2) is 6.30. The predicted octanol–water partition coefficient (Wildman–Crippen LogP) is 2.94. The topological polar surface area (TPSA) is 29.3 Å². The van der Waals surface area contributed by atoms with Crippen LogP contribution in [0.3, 0.4) is 0 Å². The molecule has 0 saturated heterocycles. The number of nitrogens with two attached hydrogens (primary N) is 1. The molecule has 2 nitrogen and oxygen atoms in total. The van der Waals surface area contributed by atoms with Crippen LogP contribution in [0.15, 0.2) is 18.2 Å². The second-order valence-electron chi connectivity index (χ2n) is 5.74. The summed E-state index contributed by atoms with van der Waals surface area (Å²) < 4.78 is 13.3. The molecule has 0 atom stereocenters. The number of nitrogens with zero attached hydrogens (tertiary/aromatic N) is 1. The lowest BCUT2D eigenvalue weighted by Crippen LogP contribution is -2.38. The predicted molar refractivity (Wildman–Crippen MR) is 74.9 cm³/mol. The Morgan fingerprint density at radius 1 is 1.33 bits per heavy atom. The van der Waals surface area contributed by atoms with E-state index >= 15 is 0 Å².